The first-order valence-corrected chi connectivity index (χ1v) is 7.03. The van der Waals surface area contributed by atoms with Crippen molar-refractivity contribution in [2.24, 2.45) is 11.8 Å². The second kappa shape index (κ2) is 4.61. The summed E-state index contributed by atoms with van der Waals surface area (Å²) in [5, 5.41) is 0. The van der Waals surface area contributed by atoms with Crippen LogP contribution < -0.4 is 11.3 Å². The lowest BCUT2D eigenvalue weighted by Crippen LogP contribution is -2.35. The predicted molar refractivity (Wildman–Crippen MR) is 67.1 cm³/mol. The summed E-state index contributed by atoms with van der Waals surface area (Å²) in [4.78, 5) is 1.32. The van der Waals surface area contributed by atoms with Crippen molar-refractivity contribution in [1.29, 1.82) is 0 Å². The van der Waals surface area contributed by atoms with E-state index in [4.69, 9.17) is 5.84 Å². The van der Waals surface area contributed by atoms with Gasteiger partial charge in [0.25, 0.3) is 0 Å². The van der Waals surface area contributed by atoms with E-state index < -0.39 is 0 Å². The van der Waals surface area contributed by atoms with Gasteiger partial charge in [0.2, 0.25) is 0 Å². The molecule has 1 heterocycles. The summed E-state index contributed by atoms with van der Waals surface area (Å²) >= 11 is 8.76. The molecule has 0 aliphatic heterocycles. The average Bonchev–Trinajstić information content (AvgIpc) is 2.39. The van der Waals surface area contributed by atoms with Crippen LogP contribution in [0.15, 0.2) is 14.3 Å². The van der Waals surface area contributed by atoms with E-state index >= 15 is 0 Å². The highest BCUT2D eigenvalue weighted by atomic mass is 79.9. The quantitative estimate of drug-likeness (QED) is 0.652. The lowest BCUT2D eigenvalue weighted by Gasteiger charge is -2.32. The zero-order chi connectivity index (χ0) is 10.1. The maximum atomic E-state index is 5.60. The van der Waals surface area contributed by atoms with Crippen molar-refractivity contribution >= 4 is 43.2 Å². The summed E-state index contributed by atoms with van der Waals surface area (Å²) in [5.41, 5.74) is 2.93. The summed E-state index contributed by atoms with van der Waals surface area (Å²) in [6, 6.07) is 2.48. The third kappa shape index (κ3) is 2.07. The van der Waals surface area contributed by atoms with Crippen LogP contribution in [0, 0.1) is 5.92 Å². The Morgan fingerprint density at radius 2 is 2.21 bits per heavy atom. The van der Waals surface area contributed by atoms with Crippen molar-refractivity contribution in [2.75, 3.05) is 0 Å². The van der Waals surface area contributed by atoms with E-state index in [1.54, 1.807) is 11.3 Å². The third-order valence-electron chi connectivity index (χ3n) is 2.77. The minimum Gasteiger partial charge on any atom is -0.271 e. The number of thiophene rings is 1. The molecule has 0 bridgehead atoms. The van der Waals surface area contributed by atoms with Crippen LogP contribution in [-0.2, 0) is 0 Å². The minimum absolute atomic E-state index is 0.330. The van der Waals surface area contributed by atoms with E-state index in [-0.39, 0.29) is 0 Å². The Morgan fingerprint density at radius 3 is 2.57 bits per heavy atom. The van der Waals surface area contributed by atoms with E-state index in [0.717, 1.165) is 14.2 Å². The van der Waals surface area contributed by atoms with Gasteiger partial charge in [0.15, 0.2) is 0 Å². The van der Waals surface area contributed by atoms with Gasteiger partial charge in [-0.1, -0.05) is 6.42 Å². The van der Waals surface area contributed by atoms with Gasteiger partial charge >= 0.3 is 0 Å². The minimum atomic E-state index is 0.330. The van der Waals surface area contributed by atoms with E-state index in [1.165, 1.54) is 24.1 Å². The molecule has 1 aromatic heterocycles. The highest BCUT2D eigenvalue weighted by molar-refractivity contribution is 9.13. The van der Waals surface area contributed by atoms with Crippen LogP contribution in [0.3, 0.4) is 0 Å². The Kier molecular flexibility index (Phi) is 3.65. The Bertz CT molecular complexity index is 303. The molecule has 0 aromatic carbocycles. The topological polar surface area (TPSA) is 38.0 Å². The zero-order valence-electron chi connectivity index (χ0n) is 7.59. The van der Waals surface area contributed by atoms with Crippen molar-refractivity contribution in [3.63, 3.8) is 0 Å². The van der Waals surface area contributed by atoms with Crippen molar-refractivity contribution in [2.45, 2.75) is 25.3 Å². The fourth-order valence-corrected chi connectivity index (χ4v) is 3.98. The molecule has 0 spiro atoms. The van der Waals surface area contributed by atoms with Crippen molar-refractivity contribution in [3.8, 4) is 0 Å². The van der Waals surface area contributed by atoms with Gasteiger partial charge in [-0.25, -0.2) is 0 Å². The maximum Gasteiger partial charge on any atom is 0.0843 e. The van der Waals surface area contributed by atoms with E-state index in [1.807, 2.05) is 0 Å². The molecule has 78 valence electrons. The van der Waals surface area contributed by atoms with Gasteiger partial charge in [0.1, 0.15) is 0 Å². The summed E-state index contributed by atoms with van der Waals surface area (Å²) in [6.07, 6.45) is 3.93. The second-order valence-electron chi connectivity index (χ2n) is 3.61. The normalized spacial score (nSPS) is 19.4. The lowest BCUT2D eigenvalue weighted by molar-refractivity contribution is 0.235. The molecule has 1 fully saturated rings. The van der Waals surface area contributed by atoms with Gasteiger partial charge < -0.3 is 0 Å². The number of halogens is 2. The third-order valence-corrected chi connectivity index (χ3v) is 6.11. The molecule has 1 unspecified atom stereocenters. The number of nitrogens with one attached hydrogen (secondary N) is 1. The summed E-state index contributed by atoms with van der Waals surface area (Å²) < 4.78 is 2.27. The Balaban J connectivity index is 2.17. The number of hydrazine groups is 1. The molecule has 1 atom stereocenters. The highest BCUT2D eigenvalue weighted by Gasteiger charge is 2.29. The maximum absolute atomic E-state index is 5.60. The molecule has 5 heteroatoms. The molecule has 1 aromatic rings. The predicted octanol–water partition coefficient (Wildman–Crippen LogP) is 3.58. The molecule has 14 heavy (non-hydrogen) atoms. The van der Waals surface area contributed by atoms with Crippen molar-refractivity contribution in [3.05, 3.63) is 19.2 Å². The first-order valence-electron chi connectivity index (χ1n) is 4.63. The van der Waals surface area contributed by atoms with Crippen LogP contribution in [0.2, 0.25) is 0 Å². The average molecular weight is 340 g/mol. The molecule has 0 saturated heterocycles. The molecular weight excluding hydrogens is 328 g/mol. The van der Waals surface area contributed by atoms with E-state index in [9.17, 15) is 0 Å². The van der Waals surface area contributed by atoms with Gasteiger partial charge in [-0.05, 0) is 56.7 Å². The van der Waals surface area contributed by atoms with Gasteiger partial charge in [-0.15, -0.1) is 11.3 Å². The Morgan fingerprint density at radius 1 is 1.50 bits per heavy atom. The van der Waals surface area contributed by atoms with E-state index in [2.05, 4.69) is 43.4 Å². The lowest BCUT2D eigenvalue weighted by atomic mass is 9.79. The van der Waals surface area contributed by atoms with Gasteiger partial charge in [0.05, 0.1) is 9.83 Å². The first kappa shape index (κ1) is 11.1. The van der Waals surface area contributed by atoms with Crippen LogP contribution in [0.5, 0.6) is 0 Å². The van der Waals surface area contributed by atoms with Crippen LogP contribution in [0.1, 0.15) is 30.2 Å². The Labute approximate surface area is 104 Å². The van der Waals surface area contributed by atoms with E-state index in [0.29, 0.717) is 6.04 Å². The number of hydrogen-bond donors (Lipinski definition) is 2. The van der Waals surface area contributed by atoms with Crippen LogP contribution >= 0.6 is 43.2 Å². The summed E-state index contributed by atoms with van der Waals surface area (Å²) in [6.45, 7) is 0. The first-order chi connectivity index (χ1) is 6.72. The summed E-state index contributed by atoms with van der Waals surface area (Å²) in [5.74, 6) is 6.32. The smallest absolute Gasteiger partial charge is 0.0843 e. The van der Waals surface area contributed by atoms with Crippen molar-refractivity contribution in [1.82, 2.24) is 5.43 Å². The van der Waals surface area contributed by atoms with Crippen LogP contribution in [-0.4, -0.2) is 0 Å². The standard InChI is InChI=1S/C9H12Br2N2S/c10-6-4-7(14-9(6)11)8(13-12)5-2-1-3-5/h4-5,8,13H,1-3,12H2. The molecule has 0 radical (unpaired) electrons. The number of hydrogen-bond acceptors (Lipinski definition) is 3. The van der Waals surface area contributed by atoms with Gasteiger partial charge in [-0.2, -0.15) is 0 Å². The molecule has 2 rings (SSSR count). The molecule has 2 nitrogen and oxygen atoms in total. The van der Waals surface area contributed by atoms with Gasteiger partial charge in [0, 0.05) is 9.35 Å². The van der Waals surface area contributed by atoms with Crippen LogP contribution in [0.4, 0.5) is 0 Å². The van der Waals surface area contributed by atoms with Gasteiger partial charge in [-0.3, -0.25) is 11.3 Å². The SMILES string of the molecule is NNC(c1cc(Br)c(Br)s1)C1CCC1. The molecule has 3 N–H and O–H groups in total. The molecule has 1 saturated carbocycles. The monoisotopic (exact) mass is 338 g/mol. The molecule has 1 aliphatic rings. The van der Waals surface area contributed by atoms with Crippen LogP contribution in [0.25, 0.3) is 0 Å². The molecule has 1 aliphatic carbocycles. The second-order valence-corrected chi connectivity index (χ2v) is 6.86. The fraction of sp³-hybridized carbons (Fsp3) is 0.556. The summed E-state index contributed by atoms with van der Waals surface area (Å²) in [7, 11) is 0. The highest BCUT2D eigenvalue weighted by Crippen LogP contribution is 2.42. The number of rotatable bonds is 3. The molecule has 0 amide bonds. The zero-order valence-corrected chi connectivity index (χ0v) is 11.6. The fourth-order valence-electron chi connectivity index (χ4n) is 1.74. The largest absolute Gasteiger partial charge is 0.271 e. The van der Waals surface area contributed by atoms with Crippen molar-refractivity contribution < 1.29 is 0 Å². The molecular formula is C9H12Br2N2S. The number of nitrogens with two attached hydrogens (primary N) is 1. The Hall–Kier alpha value is 0.580.